The first kappa shape index (κ1) is 21.6. The highest BCUT2D eigenvalue weighted by atomic mass is 35.5. The molecule has 2 aromatic rings. The number of imide groups is 1. The second kappa shape index (κ2) is 8.46. The van der Waals surface area contributed by atoms with Crippen LogP contribution in [0.5, 0.6) is 0 Å². The number of benzene rings is 1. The zero-order valence-corrected chi connectivity index (χ0v) is 18.6. The smallest absolute Gasteiger partial charge is 0.241 e. The molecule has 1 saturated carbocycles. The van der Waals surface area contributed by atoms with Gasteiger partial charge in [0.1, 0.15) is 5.82 Å². The number of aromatic nitrogens is 2. The Labute approximate surface area is 187 Å². The maximum absolute atomic E-state index is 13.8. The molecule has 164 valence electrons. The Morgan fingerprint density at radius 3 is 2.61 bits per heavy atom. The van der Waals surface area contributed by atoms with Crippen molar-refractivity contribution in [3.8, 4) is 0 Å². The molecule has 1 atom stereocenters. The number of nitrogens with zero attached hydrogens (tertiary/aromatic N) is 4. The Kier molecular flexibility index (Phi) is 5.88. The van der Waals surface area contributed by atoms with Crippen LogP contribution < -0.4 is 0 Å². The Balaban J connectivity index is 1.66. The Morgan fingerprint density at radius 1 is 1.26 bits per heavy atom. The average Bonchev–Trinajstić information content (AvgIpc) is 3.44. The first-order valence-corrected chi connectivity index (χ1v) is 11.0. The van der Waals surface area contributed by atoms with E-state index < -0.39 is 5.41 Å². The molecule has 1 aliphatic carbocycles. The van der Waals surface area contributed by atoms with Crippen LogP contribution in [0.3, 0.4) is 0 Å². The molecule has 4 rings (SSSR count). The summed E-state index contributed by atoms with van der Waals surface area (Å²) in [5.41, 5.74) is -0.723. The lowest BCUT2D eigenvalue weighted by Gasteiger charge is -2.31. The van der Waals surface area contributed by atoms with Crippen LogP contribution in [-0.4, -0.2) is 50.2 Å². The molecule has 7 nitrogen and oxygen atoms in total. The highest BCUT2D eigenvalue weighted by molar-refractivity contribution is 6.32. The third kappa shape index (κ3) is 3.87. The monoisotopic (exact) mass is 442 g/mol. The minimum absolute atomic E-state index is 0.0337. The van der Waals surface area contributed by atoms with Crippen molar-refractivity contribution in [1.29, 1.82) is 0 Å². The van der Waals surface area contributed by atoms with Gasteiger partial charge in [-0.1, -0.05) is 42.6 Å². The van der Waals surface area contributed by atoms with Crippen LogP contribution in [0.15, 0.2) is 36.7 Å². The fourth-order valence-electron chi connectivity index (χ4n) is 4.83. The van der Waals surface area contributed by atoms with Gasteiger partial charge in [0, 0.05) is 50.4 Å². The molecule has 2 aliphatic rings. The summed E-state index contributed by atoms with van der Waals surface area (Å²) >= 11 is 6.49. The van der Waals surface area contributed by atoms with Gasteiger partial charge in [0.2, 0.25) is 17.7 Å². The van der Waals surface area contributed by atoms with Gasteiger partial charge in [0.05, 0.1) is 12.0 Å². The summed E-state index contributed by atoms with van der Waals surface area (Å²) in [4.78, 5) is 47.3. The van der Waals surface area contributed by atoms with E-state index in [1.54, 1.807) is 42.4 Å². The van der Waals surface area contributed by atoms with Gasteiger partial charge >= 0.3 is 0 Å². The summed E-state index contributed by atoms with van der Waals surface area (Å²) in [5, 5.41) is 0.400. The molecular formula is C23H27ClN4O3. The van der Waals surface area contributed by atoms with Crippen molar-refractivity contribution in [1.82, 2.24) is 19.4 Å². The molecule has 31 heavy (non-hydrogen) atoms. The number of likely N-dealkylation sites (tertiary alicyclic amines) is 1. The maximum Gasteiger partial charge on any atom is 0.241 e. The Bertz CT molecular complexity index is 1010. The lowest BCUT2D eigenvalue weighted by atomic mass is 9.75. The van der Waals surface area contributed by atoms with E-state index >= 15 is 0 Å². The molecule has 1 aliphatic heterocycles. The van der Waals surface area contributed by atoms with Crippen LogP contribution in [0.25, 0.3) is 0 Å². The molecule has 1 aromatic carbocycles. The molecule has 0 spiro atoms. The second-order valence-electron chi connectivity index (χ2n) is 8.63. The number of hydrogen-bond acceptors (Lipinski definition) is 4. The van der Waals surface area contributed by atoms with Crippen molar-refractivity contribution in [3.63, 3.8) is 0 Å². The first-order chi connectivity index (χ1) is 14.8. The molecule has 3 amide bonds. The first-order valence-electron chi connectivity index (χ1n) is 10.6. The van der Waals surface area contributed by atoms with Crippen molar-refractivity contribution in [2.75, 3.05) is 7.05 Å². The zero-order chi connectivity index (χ0) is 22.2. The molecule has 0 unspecified atom stereocenters. The third-order valence-electron chi connectivity index (χ3n) is 6.61. The number of amides is 3. The van der Waals surface area contributed by atoms with Crippen LogP contribution in [0.1, 0.15) is 49.9 Å². The van der Waals surface area contributed by atoms with Crippen molar-refractivity contribution in [2.45, 2.75) is 56.5 Å². The van der Waals surface area contributed by atoms with E-state index in [-0.39, 0.29) is 36.6 Å². The molecule has 1 aromatic heterocycles. The number of rotatable bonds is 6. The predicted octanol–water partition coefficient (Wildman–Crippen LogP) is 3.06. The van der Waals surface area contributed by atoms with Gasteiger partial charge in [-0.2, -0.15) is 0 Å². The average molecular weight is 443 g/mol. The maximum atomic E-state index is 13.8. The predicted molar refractivity (Wildman–Crippen MR) is 116 cm³/mol. The summed E-state index contributed by atoms with van der Waals surface area (Å²) < 4.78 is 1.85. The number of carbonyl (C=O) groups is 3. The highest BCUT2D eigenvalue weighted by Gasteiger charge is 2.56. The van der Waals surface area contributed by atoms with Crippen LogP contribution in [0.2, 0.25) is 5.02 Å². The Hall–Kier alpha value is -2.67. The lowest BCUT2D eigenvalue weighted by molar-refractivity contribution is -0.144. The molecule has 0 N–H and O–H groups in total. The largest absolute Gasteiger partial charge is 0.338 e. The third-order valence-corrected chi connectivity index (χ3v) is 6.94. The van der Waals surface area contributed by atoms with Gasteiger partial charge in [-0.15, -0.1) is 0 Å². The SMILES string of the molecule is CN(Cc1nccn1C)C(=O)C[C@@]1(c2ccccc2Cl)CC(=O)N(C2CCCC2)C1=O. The van der Waals surface area contributed by atoms with Crippen molar-refractivity contribution >= 4 is 29.3 Å². The van der Waals surface area contributed by atoms with E-state index in [9.17, 15) is 14.4 Å². The van der Waals surface area contributed by atoms with E-state index in [0.29, 0.717) is 17.1 Å². The highest BCUT2D eigenvalue weighted by Crippen LogP contribution is 2.45. The van der Waals surface area contributed by atoms with Gasteiger partial charge in [0.15, 0.2) is 0 Å². The Morgan fingerprint density at radius 2 is 1.97 bits per heavy atom. The van der Waals surface area contributed by atoms with Crippen molar-refractivity contribution in [3.05, 3.63) is 53.1 Å². The van der Waals surface area contributed by atoms with Crippen molar-refractivity contribution in [2.24, 2.45) is 7.05 Å². The van der Waals surface area contributed by atoms with Crippen LogP contribution >= 0.6 is 11.6 Å². The van der Waals surface area contributed by atoms with Crippen LogP contribution in [-0.2, 0) is 33.4 Å². The molecule has 0 radical (unpaired) electrons. The summed E-state index contributed by atoms with van der Waals surface area (Å²) in [5.74, 6) is 0.00834. The molecule has 1 saturated heterocycles. The van der Waals surface area contributed by atoms with E-state index in [2.05, 4.69) is 4.98 Å². The van der Waals surface area contributed by atoms with E-state index in [1.807, 2.05) is 17.8 Å². The quantitative estimate of drug-likeness (QED) is 0.644. The van der Waals surface area contributed by atoms with E-state index in [0.717, 1.165) is 31.5 Å². The summed E-state index contributed by atoms with van der Waals surface area (Å²) in [6.45, 7) is 0.315. The van der Waals surface area contributed by atoms with Crippen LogP contribution in [0, 0.1) is 0 Å². The number of aryl methyl sites for hydroxylation is 1. The molecule has 8 heteroatoms. The number of imidazole rings is 1. The van der Waals surface area contributed by atoms with Gasteiger partial charge in [-0.05, 0) is 24.5 Å². The molecule has 0 bridgehead atoms. The normalized spacial score (nSPS) is 21.8. The van der Waals surface area contributed by atoms with Gasteiger partial charge in [-0.25, -0.2) is 4.98 Å². The minimum Gasteiger partial charge on any atom is -0.338 e. The van der Waals surface area contributed by atoms with Crippen molar-refractivity contribution < 1.29 is 14.4 Å². The summed E-state index contributed by atoms with van der Waals surface area (Å²) in [6.07, 6.45) is 7.01. The van der Waals surface area contributed by atoms with Crippen LogP contribution in [0.4, 0.5) is 0 Å². The molecular weight excluding hydrogens is 416 g/mol. The molecule has 2 fully saturated rings. The van der Waals surface area contributed by atoms with E-state index in [1.165, 1.54) is 4.90 Å². The lowest BCUT2D eigenvalue weighted by Crippen LogP contribution is -2.45. The van der Waals surface area contributed by atoms with Gasteiger partial charge in [-0.3, -0.25) is 19.3 Å². The summed E-state index contributed by atoms with van der Waals surface area (Å²) in [7, 11) is 3.55. The second-order valence-corrected chi connectivity index (χ2v) is 9.03. The number of carbonyl (C=O) groups excluding carboxylic acids is 3. The summed E-state index contributed by atoms with van der Waals surface area (Å²) in [6, 6.07) is 6.96. The number of halogens is 1. The fraction of sp³-hybridized carbons (Fsp3) is 0.478. The van der Waals surface area contributed by atoms with Gasteiger partial charge < -0.3 is 9.47 Å². The topological polar surface area (TPSA) is 75.5 Å². The minimum atomic E-state index is -1.27. The van der Waals surface area contributed by atoms with Gasteiger partial charge in [0.25, 0.3) is 0 Å². The zero-order valence-electron chi connectivity index (χ0n) is 17.9. The van der Waals surface area contributed by atoms with E-state index in [4.69, 9.17) is 11.6 Å². The fourth-order valence-corrected chi connectivity index (χ4v) is 5.15. The standard InChI is InChI=1S/C23H27ClN4O3/c1-26-12-11-25-19(26)15-27(2)20(29)13-23(17-9-5-6-10-18(17)24)14-21(30)28(22(23)31)16-7-3-4-8-16/h5-6,9-12,16H,3-4,7-8,13-15H2,1-2H3/t23-/m0/s1. The molecule has 2 heterocycles. The number of hydrogen-bond donors (Lipinski definition) is 0.